The Kier molecular flexibility index (Phi) is 6.35. The molecule has 0 atom stereocenters. The van der Waals surface area contributed by atoms with Crippen LogP contribution in [0.2, 0.25) is 0 Å². The van der Waals surface area contributed by atoms with Gasteiger partial charge in [-0.1, -0.05) is 23.9 Å². The van der Waals surface area contributed by atoms with Crippen LogP contribution < -0.4 is 10.6 Å². The zero-order chi connectivity index (χ0) is 21.7. The summed E-state index contributed by atoms with van der Waals surface area (Å²) in [7, 11) is 0. The zero-order valence-corrected chi connectivity index (χ0v) is 16.3. The molecule has 30 heavy (non-hydrogen) atoms. The summed E-state index contributed by atoms with van der Waals surface area (Å²) in [6, 6.07) is 11.4. The molecule has 8 nitrogen and oxygen atoms in total. The highest BCUT2D eigenvalue weighted by Gasteiger charge is 2.34. The summed E-state index contributed by atoms with van der Waals surface area (Å²) in [4.78, 5) is 23.2. The van der Waals surface area contributed by atoms with Gasteiger partial charge in [-0.25, -0.2) is 0 Å². The number of hydrogen-bond acceptors (Lipinski definition) is 6. The fourth-order valence-electron chi connectivity index (χ4n) is 2.49. The number of carbonyl (C=O) groups is 2. The van der Waals surface area contributed by atoms with E-state index in [1.54, 1.807) is 24.3 Å². The first kappa shape index (κ1) is 21.3. The number of tetrazole rings is 1. The number of nitrogens with one attached hydrogen (secondary N) is 2. The van der Waals surface area contributed by atoms with Crippen molar-refractivity contribution < 1.29 is 22.8 Å². The maximum atomic E-state index is 13.3. The Balaban J connectivity index is 1.66. The molecule has 2 aromatic carbocycles. The molecule has 0 bridgehead atoms. The first-order chi connectivity index (χ1) is 14.2. The number of alkyl halides is 3. The molecule has 0 radical (unpaired) electrons. The predicted molar refractivity (Wildman–Crippen MR) is 104 cm³/mol. The van der Waals surface area contributed by atoms with Crippen molar-refractivity contribution in [1.82, 2.24) is 20.2 Å². The van der Waals surface area contributed by atoms with Gasteiger partial charge in [0.25, 0.3) is 0 Å². The average Bonchev–Trinajstić information content (AvgIpc) is 3.15. The second-order valence-corrected chi connectivity index (χ2v) is 6.93. The Hall–Kier alpha value is -3.41. The number of amides is 2. The number of aromatic nitrogens is 4. The van der Waals surface area contributed by atoms with Gasteiger partial charge >= 0.3 is 6.18 Å². The Labute approximate surface area is 172 Å². The lowest BCUT2D eigenvalue weighted by Crippen LogP contribution is -2.15. The number of para-hydroxylation sites is 1. The molecule has 156 valence electrons. The molecule has 3 aromatic rings. The number of benzene rings is 2. The number of carbonyl (C=O) groups excluding carboxylic acids is 2. The summed E-state index contributed by atoms with van der Waals surface area (Å²) in [5.74, 6) is -0.735. The van der Waals surface area contributed by atoms with Gasteiger partial charge in [-0.05, 0) is 46.8 Å². The van der Waals surface area contributed by atoms with Crippen molar-refractivity contribution >= 4 is 35.0 Å². The number of rotatable bonds is 6. The summed E-state index contributed by atoms with van der Waals surface area (Å²) < 4.78 is 40.7. The SMILES string of the molecule is CC(=O)Nc1ccc(NC(=O)CSc2nnnn2-c2ccccc2C(F)(F)F)cc1. The van der Waals surface area contributed by atoms with E-state index in [2.05, 4.69) is 26.2 Å². The van der Waals surface area contributed by atoms with E-state index in [-0.39, 0.29) is 22.5 Å². The van der Waals surface area contributed by atoms with Crippen LogP contribution in [-0.4, -0.2) is 37.8 Å². The Morgan fingerprint density at radius 1 is 1.03 bits per heavy atom. The first-order valence-corrected chi connectivity index (χ1v) is 9.48. The lowest BCUT2D eigenvalue weighted by Gasteiger charge is -2.12. The van der Waals surface area contributed by atoms with E-state index in [0.29, 0.717) is 11.4 Å². The largest absolute Gasteiger partial charge is 0.418 e. The van der Waals surface area contributed by atoms with E-state index in [1.165, 1.54) is 25.1 Å². The molecule has 12 heteroatoms. The van der Waals surface area contributed by atoms with Crippen LogP contribution in [0.3, 0.4) is 0 Å². The quantitative estimate of drug-likeness (QED) is 0.575. The summed E-state index contributed by atoms with van der Waals surface area (Å²) in [6.07, 6.45) is -4.58. The Morgan fingerprint density at radius 3 is 2.30 bits per heavy atom. The van der Waals surface area contributed by atoms with Crippen LogP contribution in [0.4, 0.5) is 24.5 Å². The van der Waals surface area contributed by atoms with Crippen molar-refractivity contribution in [3.63, 3.8) is 0 Å². The highest BCUT2D eigenvalue weighted by atomic mass is 32.2. The molecule has 2 amide bonds. The molecule has 0 unspecified atom stereocenters. The van der Waals surface area contributed by atoms with Crippen LogP contribution in [0, 0.1) is 0 Å². The fraction of sp³-hybridized carbons (Fsp3) is 0.167. The number of halogens is 3. The molecule has 0 fully saturated rings. The smallest absolute Gasteiger partial charge is 0.326 e. The van der Waals surface area contributed by atoms with Crippen molar-refractivity contribution in [1.29, 1.82) is 0 Å². The van der Waals surface area contributed by atoms with Gasteiger partial charge in [0.05, 0.1) is 17.0 Å². The van der Waals surface area contributed by atoms with Gasteiger partial charge < -0.3 is 10.6 Å². The molecule has 3 rings (SSSR count). The summed E-state index contributed by atoms with van der Waals surface area (Å²) in [5, 5.41) is 16.1. The molecule has 2 N–H and O–H groups in total. The second kappa shape index (κ2) is 8.95. The van der Waals surface area contributed by atoms with Crippen molar-refractivity contribution in [3.8, 4) is 5.69 Å². The molecule has 0 spiro atoms. The van der Waals surface area contributed by atoms with Crippen LogP contribution in [0.15, 0.2) is 53.7 Å². The molecule has 0 aliphatic carbocycles. The van der Waals surface area contributed by atoms with E-state index in [4.69, 9.17) is 0 Å². The maximum Gasteiger partial charge on any atom is 0.418 e. The third kappa shape index (κ3) is 5.35. The molecule has 1 aromatic heterocycles. The number of nitrogens with zero attached hydrogens (tertiary/aromatic N) is 4. The monoisotopic (exact) mass is 436 g/mol. The topological polar surface area (TPSA) is 102 Å². The Morgan fingerprint density at radius 2 is 1.67 bits per heavy atom. The molecular formula is C18H15F3N6O2S. The minimum Gasteiger partial charge on any atom is -0.326 e. The molecule has 1 heterocycles. The standard InChI is InChI=1S/C18H15F3N6O2S/c1-11(28)22-12-6-8-13(9-7-12)23-16(29)10-30-17-24-25-26-27(17)15-5-3-2-4-14(15)18(19,20)21/h2-9H,10H2,1H3,(H,22,28)(H,23,29). The summed E-state index contributed by atoms with van der Waals surface area (Å²) in [5.41, 5.74) is -0.0385. The first-order valence-electron chi connectivity index (χ1n) is 8.49. The lowest BCUT2D eigenvalue weighted by atomic mass is 10.2. The molecule has 0 saturated carbocycles. The van der Waals surface area contributed by atoms with Crippen LogP contribution in [0.1, 0.15) is 12.5 Å². The normalized spacial score (nSPS) is 11.2. The van der Waals surface area contributed by atoms with Crippen molar-refractivity contribution in [3.05, 3.63) is 54.1 Å². The second-order valence-electron chi connectivity index (χ2n) is 5.98. The van der Waals surface area contributed by atoms with Crippen molar-refractivity contribution in [2.24, 2.45) is 0 Å². The van der Waals surface area contributed by atoms with Crippen LogP contribution in [0.5, 0.6) is 0 Å². The van der Waals surface area contributed by atoms with E-state index in [9.17, 15) is 22.8 Å². The summed E-state index contributed by atoms with van der Waals surface area (Å²) in [6.45, 7) is 1.38. The third-order valence-electron chi connectivity index (χ3n) is 3.70. The van der Waals surface area contributed by atoms with Gasteiger partial charge in [0.2, 0.25) is 17.0 Å². The van der Waals surface area contributed by atoms with Gasteiger partial charge in [-0.15, -0.1) is 5.10 Å². The highest BCUT2D eigenvalue weighted by molar-refractivity contribution is 7.99. The van der Waals surface area contributed by atoms with Crippen molar-refractivity contribution in [2.45, 2.75) is 18.3 Å². The van der Waals surface area contributed by atoms with E-state index in [0.717, 1.165) is 22.5 Å². The summed E-state index contributed by atoms with van der Waals surface area (Å²) >= 11 is 0.897. The van der Waals surface area contributed by atoms with Crippen LogP contribution >= 0.6 is 11.8 Å². The highest BCUT2D eigenvalue weighted by Crippen LogP contribution is 2.34. The minimum absolute atomic E-state index is 0.0443. The van der Waals surface area contributed by atoms with Gasteiger partial charge in [-0.3, -0.25) is 9.59 Å². The van der Waals surface area contributed by atoms with Gasteiger partial charge in [0.15, 0.2) is 0 Å². The van der Waals surface area contributed by atoms with Crippen LogP contribution in [-0.2, 0) is 15.8 Å². The Bertz CT molecular complexity index is 1050. The minimum atomic E-state index is -4.58. The van der Waals surface area contributed by atoms with E-state index in [1.807, 2.05) is 0 Å². The third-order valence-corrected chi connectivity index (χ3v) is 4.62. The maximum absolute atomic E-state index is 13.3. The molecular weight excluding hydrogens is 421 g/mol. The molecule has 0 saturated heterocycles. The lowest BCUT2D eigenvalue weighted by molar-refractivity contribution is -0.137. The van der Waals surface area contributed by atoms with E-state index < -0.39 is 17.6 Å². The number of thioether (sulfide) groups is 1. The number of anilines is 2. The van der Waals surface area contributed by atoms with Gasteiger partial charge in [-0.2, -0.15) is 17.9 Å². The molecule has 0 aliphatic rings. The van der Waals surface area contributed by atoms with Crippen molar-refractivity contribution in [2.75, 3.05) is 16.4 Å². The van der Waals surface area contributed by atoms with Gasteiger partial charge in [0.1, 0.15) is 0 Å². The molecule has 0 aliphatic heterocycles. The van der Waals surface area contributed by atoms with Gasteiger partial charge in [0, 0.05) is 18.3 Å². The van der Waals surface area contributed by atoms with Crippen LogP contribution in [0.25, 0.3) is 5.69 Å². The predicted octanol–water partition coefficient (Wildman–Crippen LogP) is 3.37. The fourth-order valence-corrected chi connectivity index (χ4v) is 3.17. The zero-order valence-electron chi connectivity index (χ0n) is 15.5. The number of hydrogen-bond donors (Lipinski definition) is 2. The van der Waals surface area contributed by atoms with E-state index >= 15 is 0 Å². The average molecular weight is 436 g/mol.